The summed E-state index contributed by atoms with van der Waals surface area (Å²) in [5.41, 5.74) is 7.49. The number of fused-ring (bicyclic) bond motifs is 1. The maximum Gasteiger partial charge on any atom is 0.252 e. The van der Waals surface area contributed by atoms with Crippen LogP contribution in [-0.2, 0) is 0 Å². The van der Waals surface area contributed by atoms with Crippen LogP contribution in [0.25, 0.3) is 10.9 Å². The second kappa shape index (κ2) is 6.86. The number of carbonyl (C=O) groups is 1. The Kier molecular flexibility index (Phi) is 4.90. The zero-order valence-electron chi connectivity index (χ0n) is 11.6. The van der Waals surface area contributed by atoms with Crippen LogP contribution in [0.2, 0.25) is 0 Å². The van der Waals surface area contributed by atoms with Crippen molar-refractivity contribution < 1.29 is 4.79 Å². The number of benzene rings is 1. The number of hydrogen-bond acceptors (Lipinski definition) is 4. The van der Waals surface area contributed by atoms with Gasteiger partial charge in [-0.05, 0) is 25.6 Å². The molecule has 1 amide bonds. The van der Waals surface area contributed by atoms with Crippen molar-refractivity contribution in [1.29, 1.82) is 0 Å². The quantitative estimate of drug-likeness (QED) is 0.671. The molecular weight excluding hydrogens is 252 g/mol. The molecule has 2 rings (SSSR count). The summed E-state index contributed by atoms with van der Waals surface area (Å²) < 4.78 is 0. The standard InChI is InChI=1S/C15H20N4O/c1-2-17-8-5-9-18-14-11-6-3-4-7-13(11)19-10-12(14)15(16)20/h3-4,6-7,10,17H,2,5,8-9H2,1H3,(H2,16,20)(H,18,19). The van der Waals surface area contributed by atoms with Crippen molar-refractivity contribution in [3.05, 3.63) is 36.0 Å². The fourth-order valence-corrected chi connectivity index (χ4v) is 2.12. The molecule has 0 fully saturated rings. The molecule has 20 heavy (non-hydrogen) atoms. The summed E-state index contributed by atoms with van der Waals surface area (Å²) in [7, 11) is 0. The molecule has 5 nitrogen and oxygen atoms in total. The predicted molar refractivity (Wildman–Crippen MR) is 81.9 cm³/mol. The Morgan fingerprint density at radius 1 is 1.30 bits per heavy atom. The Bertz CT molecular complexity index is 597. The van der Waals surface area contributed by atoms with Crippen LogP contribution in [0.5, 0.6) is 0 Å². The molecule has 0 bridgehead atoms. The number of nitrogens with one attached hydrogen (secondary N) is 2. The SMILES string of the molecule is CCNCCCNc1c(C(N)=O)cnc2ccccc12. The zero-order chi connectivity index (χ0) is 14.4. The number of aromatic nitrogens is 1. The van der Waals surface area contributed by atoms with Gasteiger partial charge >= 0.3 is 0 Å². The number of carbonyl (C=O) groups excluding carboxylic acids is 1. The molecule has 0 aliphatic carbocycles. The molecule has 0 aliphatic heterocycles. The number of hydrogen-bond donors (Lipinski definition) is 3. The molecule has 2 aromatic rings. The Hall–Kier alpha value is -2.14. The van der Waals surface area contributed by atoms with Gasteiger partial charge in [-0.25, -0.2) is 0 Å². The van der Waals surface area contributed by atoms with Crippen molar-refractivity contribution in [2.45, 2.75) is 13.3 Å². The van der Waals surface area contributed by atoms with Gasteiger partial charge < -0.3 is 16.4 Å². The molecule has 5 heteroatoms. The summed E-state index contributed by atoms with van der Waals surface area (Å²) in [5, 5.41) is 7.50. The molecule has 0 aliphatic rings. The third kappa shape index (κ3) is 3.24. The molecule has 0 unspecified atom stereocenters. The van der Waals surface area contributed by atoms with Crippen LogP contribution in [-0.4, -0.2) is 30.5 Å². The molecule has 1 heterocycles. The van der Waals surface area contributed by atoms with E-state index in [2.05, 4.69) is 22.5 Å². The highest BCUT2D eigenvalue weighted by Gasteiger charge is 2.12. The zero-order valence-corrected chi connectivity index (χ0v) is 11.6. The Labute approximate surface area is 118 Å². The fraction of sp³-hybridized carbons (Fsp3) is 0.333. The van der Waals surface area contributed by atoms with E-state index in [1.165, 1.54) is 6.20 Å². The van der Waals surface area contributed by atoms with E-state index >= 15 is 0 Å². The number of para-hydroxylation sites is 1. The van der Waals surface area contributed by atoms with Gasteiger partial charge in [0.1, 0.15) is 0 Å². The summed E-state index contributed by atoms with van der Waals surface area (Å²) in [6.07, 6.45) is 2.51. The molecule has 1 aromatic carbocycles. The first kappa shape index (κ1) is 14.3. The van der Waals surface area contributed by atoms with Crippen LogP contribution in [0.4, 0.5) is 5.69 Å². The number of anilines is 1. The van der Waals surface area contributed by atoms with E-state index in [1.54, 1.807) is 0 Å². The second-order valence-corrected chi connectivity index (χ2v) is 4.56. The number of primary amides is 1. The van der Waals surface area contributed by atoms with E-state index in [4.69, 9.17) is 5.73 Å². The third-order valence-corrected chi connectivity index (χ3v) is 3.12. The van der Waals surface area contributed by atoms with Gasteiger partial charge in [0.15, 0.2) is 0 Å². The van der Waals surface area contributed by atoms with Crippen LogP contribution in [0.15, 0.2) is 30.5 Å². The molecule has 0 spiro atoms. The summed E-state index contributed by atoms with van der Waals surface area (Å²) in [4.78, 5) is 15.8. The predicted octanol–water partition coefficient (Wildman–Crippen LogP) is 1.75. The lowest BCUT2D eigenvalue weighted by Gasteiger charge is -2.13. The van der Waals surface area contributed by atoms with E-state index in [0.717, 1.165) is 42.6 Å². The number of pyridine rings is 1. The van der Waals surface area contributed by atoms with Crippen molar-refractivity contribution in [2.24, 2.45) is 5.73 Å². The first-order valence-corrected chi connectivity index (χ1v) is 6.86. The lowest BCUT2D eigenvalue weighted by molar-refractivity contribution is 0.100. The van der Waals surface area contributed by atoms with Gasteiger partial charge in [-0.1, -0.05) is 25.1 Å². The van der Waals surface area contributed by atoms with Crippen molar-refractivity contribution >= 4 is 22.5 Å². The summed E-state index contributed by atoms with van der Waals surface area (Å²) in [6.45, 7) is 4.76. The van der Waals surface area contributed by atoms with Gasteiger partial charge in [0, 0.05) is 18.1 Å². The van der Waals surface area contributed by atoms with Crippen LogP contribution >= 0.6 is 0 Å². The highest BCUT2D eigenvalue weighted by atomic mass is 16.1. The second-order valence-electron chi connectivity index (χ2n) is 4.56. The average Bonchev–Trinajstić information content (AvgIpc) is 2.46. The van der Waals surface area contributed by atoms with E-state index in [0.29, 0.717) is 5.56 Å². The fourth-order valence-electron chi connectivity index (χ4n) is 2.12. The highest BCUT2D eigenvalue weighted by Crippen LogP contribution is 2.25. The number of nitrogens with zero attached hydrogens (tertiary/aromatic N) is 1. The van der Waals surface area contributed by atoms with Crippen molar-refractivity contribution in [1.82, 2.24) is 10.3 Å². The van der Waals surface area contributed by atoms with Gasteiger partial charge in [0.05, 0.1) is 16.8 Å². The van der Waals surface area contributed by atoms with Crippen LogP contribution in [0.1, 0.15) is 23.7 Å². The van der Waals surface area contributed by atoms with Crippen LogP contribution < -0.4 is 16.4 Å². The maximum absolute atomic E-state index is 11.5. The van der Waals surface area contributed by atoms with Crippen molar-refractivity contribution in [2.75, 3.05) is 25.0 Å². The van der Waals surface area contributed by atoms with E-state index in [-0.39, 0.29) is 0 Å². The minimum atomic E-state index is -0.461. The molecule has 1 aromatic heterocycles. The highest BCUT2D eigenvalue weighted by molar-refractivity contribution is 6.06. The van der Waals surface area contributed by atoms with Crippen LogP contribution in [0, 0.1) is 0 Å². The normalized spacial score (nSPS) is 10.7. The maximum atomic E-state index is 11.5. The average molecular weight is 272 g/mol. The number of nitrogens with two attached hydrogens (primary N) is 1. The molecule has 0 radical (unpaired) electrons. The van der Waals surface area contributed by atoms with Gasteiger partial charge in [0.2, 0.25) is 0 Å². The molecular formula is C15H20N4O. The Morgan fingerprint density at radius 2 is 2.10 bits per heavy atom. The largest absolute Gasteiger partial charge is 0.384 e. The Morgan fingerprint density at radius 3 is 2.85 bits per heavy atom. The van der Waals surface area contributed by atoms with Crippen LogP contribution in [0.3, 0.4) is 0 Å². The minimum absolute atomic E-state index is 0.437. The summed E-state index contributed by atoms with van der Waals surface area (Å²) in [5.74, 6) is -0.461. The first-order valence-electron chi connectivity index (χ1n) is 6.86. The van der Waals surface area contributed by atoms with Gasteiger partial charge in [-0.3, -0.25) is 9.78 Å². The monoisotopic (exact) mass is 272 g/mol. The van der Waals surface area contributed by atoms with Crippen molar-refractivity contribution in [3.63, 3.8) is 0 Å². The van der Waals surface area contributed by atoms with E-state index in [9.17, 15) is 4.79 Å². The lowest BCUT2D eigenvalue weighted by Crippen LogP contribution is -2.19. The lowest BCUT2D eigenvalue weighted by atomic mass is 10.1. The van der Waals surface area contributed by atoms with E-state index in [1.807, 2.05) is 24.3 Å². The van der Waals surface area contributed by atoms with Crippen molar-refractivity contribution in [3.8, 4) is 0 Å². The Balaban J connectivity index is 2.23. The van der Waals surface area contributed by atoms with Gasteiger partial charge in [-0.2, -0.15) is 0 Å². The minimum Gasteiger partial charge on any atom is -0.384 e. The van der Waals surface area contributed by atoms with Gasteiger partial charge in [0.25, 0.3) is 5.91 Å². The molecule has 0 saturated carbocycles. The smallest absolute Gasteiger partial charge is 0.252 e. The first-order chi connectivity index (χ1) is 9.74. The molecule has 0 atom stereocenters. The molecule has 106 valence electrons. The third-order valence-electron chi connectivity index (χ3n) is 3.12. The molecule has 0 saturated heterocycles. The number of amides is 1. The molecule has 4 N–H and O–H groups in total. The summed E-state index contributed by atoms with van der Waals surface area (Å²) >= 11 is 0. The number of rotatable bonds is 7. The van der Waals surface area contributed by atoms with Gasteiger partial charge in [-0.15, -0.1) is 0 Å². The topological polar surface area (TPSA) is 80.0 Å². The van der Waals surface area contributed by atoms with E-state index < -0.39 is 5.91 Å². The summed E-state index contributed by atoms with van der Waals surface area (Å²) in [6, 6.07) is 7.72.